The fraction of sp³-hybridized carbons (Fsp3) is 0.867. The fourth-order valence-electron chi connectivity index (χ4n) is 3.19. The standard InChI is InChI=1S/C15H26N2O4/c1-4-15(2)5-7-16(8-6-15)14(20)17-10-11(21-3)9-12(17)13(18)19/h11-12H,4-10H2,1-3H3,(H,18,19). The summed E-state index contributed by atoms with van der Waals surface area (Å²) in [7, 11) is 1.56. The zero-order valence-electron chi connectivity index (χ0n) is 13.2. The number of carbonyl (C=O) groups excluding carboxylic acids is 1. The molecular weight excluding hydrogens is 272 g/mol. The van der Waals surface area contributed by atoms with E-state index in [4.69, 9.17) is 4.74 Å². The normalized spacial score (nSPS) is 28.7. The molecule has 0 aromatic heterocycles. The number of hydrogen-bond donors (Lipinski definition) is 1. The molecule has 6 heteroatoms. The zero-order chi connectivity index (χ0) is 15.6. The first kappa shape index (κ1) is 16.1. The van der Waals surface area contributed by atoms with Crippen molar-refractivity contribution in [1.82, 2.24) is 9.80 Å². The summed E-state index contributed by atoms with van der Waals surface area (Å²) in [6.45, 7) is 6.23. The van der Waals surface area contributed by atoms with Crippen molar-refractivity contribution in [3.05, 3.63) is 0 Å². The van der Waals surface area contributed by atoms with Crippen LogP contribution in [0.25, 0.3) is 0 Å². The van der Waals surface area contributed by atoms with Gasteiger partial charge in [-0.05, 0) is 18.3 Å². The molecule has 0 bridgehead atoms. The second-order valence-corrected chi connectivity index (χ2v) is 6.53. The number of nitrogens with zero attached hydrogens (tertiary/aromatic N) is 2. The van der Waals surface area contributed by atoms with E-state index in [0.717, 1.165) is 19.3 Å². The molecule has 2 aliphatic heterocycles. The van der Waals surface area contributed by atoms with Gasteiger partial charge in [-0.15, -0.1) is 0 Å². The van der Waals surface area contributed by atoms with Crippen LogP contribution in [0.15, 0.2) is 0 Å². The summed E-state index contributed by atoms with van der Waals surface area (Å²) < 4.78 is 5.23. The quantitative estimate of drug-likeness (QED) is 0.862. The third-order valence-corrected chi connectivity index (χ3v) is 5.22. The summed E-state index contributed by atoms with van der Waals surface area (Å²) in [4.78, 5) is 27.2. The maximum absolute atomic E-state index is 12.6. The van der Waals surface area contributed by atoms with E-state index >= 15 is 0 Å². The summed E-state index contributed by atoms with van der Waals surface area (Å²) in [6, 6.07) is -0.915. The first-order valence-electron chi connectivity index (χ1n) is 7.71. The molecule has 2 fully saturated rings. The van der Waals surface area contributed by atoms with Gasteiger partial charge < -0.3 is 19.6 Å². The number of carboxylic acids is 1. The first-order chi connectivity index (χ1) is 9.90. The predicted molar refractivity (Wildman–Crippen MR) is 78.1 cm³/mol. The monoisotopic (exact) mass is 298 g/mol. The number of ether oxygens (including phenoxy) is 1. The van der Waals surface area contributed by atoms with Crippen molar-refractivity contribution in [2.24, 2.45) is 5.41 Å². The molecule has 2 rings (SSSR count). The van der Waals surface area contributed by atoms with Gasteiger partial charge in [0.15, 0.2) is 0 Å². The average Bonchev–Trinajstić information content (AvgIpc) is 2.92. The van der Waals surface area contributed by atoms with E-state index in [1.807, 2.05) is 0 Å². The van der Waals surface area contributed by atoms with Gasteiger partial charge in [-0.3, -0.25) is 0 Å². The molecule has 0 radical (unpaired) electrons. The second kappa shape index (κ2) is 6.22. The molecule has 2 heterocycles. The zero-order valence-corrected chi connectivity index (χ0v) is 13.2. The van der Waals surface area contributed by atoms with E-state index in [-0.39, 0.29) is 12.1 Å². The minimum absolute atomic E-state index is 0.153. The summed E-state index contributed by atoms with van der Waals surface area (Å²) in [5.41, 5.74) is 0.309. The second-order valence-electron chi connectivity index (χ2n) is 6.53. The minimum Gasteiger partial charge on any atom is -0.480 e. The number of amides is 2. The van der Waals surface area contributed by atoms with Crippen LogP contribution in [0.2, 0.25) is 0 Å². The average molecular weight is 298 g/mol. The smallest absolute Gasteiger partial charge is 0.326 e. The molecule has 2 amide bonds. The molecule has 0 saturated carbocycles. The van der Waals surface area contributed by atoms with E-state index in [1.54, 1.807) is 12.0 Å². The Bertz CT molecular complexity index is 404. The Morgan fingerprint density at radius 1 is 1.33 bits per heavy atom. The number of carboxylic acid groups (broad SMARTS) is 1. The number of piperidine rings is 1. The molecule has 0 aliphatic carbocycles. The van der Waals surface area contributed by atoms with Gasteiger partial charge in [0.2, 0.25) is 0 Å². The Morgan fingerprint density at radius 3 is 2.43 bits per heavy atom. The Labute approximate surface area is 126 Å². The molecule has 120 valence electrons. The molecule has 2 aliphatic rings. The van der Waals surface area contributed by atoms with Gasteiger partial charge in [0.1, 0.15) is 6.04 Å². The summed E-state index contributed by atoms with van der Waals surface area (Å²) in [5.74, 6) is -0.946. The fourth-order valence-corrected chi connectivity index (χ4v) is 3.19. The minimum atomic E-state index is -0.946. The Morgan fingerprint density at radius 2 is 1.95 bits per heavy atom. The van der Waals surface area contributed by atoms with Crippen molar-refractivity contribution in [1.29, 1.82) is 0 Å². The summed E-state index contributed by atoms with van der Waals surface area (Å²) >= 11 is 0. The van der Waals surface area contributed by atoms with Crippen LogP contribution in [0.3, 0.4) is 0 Å². The largest absolute Gasteiger partial charge is 0.480 e. The summed E-state index contributed by atoms with van der Waals surface area (Å²) in [6.07, 6.45) is 3.27. The van der Waals surface area contributed by atoms with Gasteiger partial charge in [-0.1, -0.05) is 20.3 Å². The van der Waals surface area contributed by atoms with Crippen LogP contribution in [0.4, 0.5) is 4.79 Å². The van der Waals surface area contributed by atoms with E-state index in [9.17, 15) is 14.7 Å². The van der Waals surface area contributed by atoms with Crippen LogP contribution in [0.5, 0.6) is 0 Å². The van der Waals surface area contributed by atoms with Crippen molar-refractivity contribution < 1.29 is 19.4 Å². The van der Waals surface area contributed by atoms with E-state index in [1.165, 1.54) is 4.90 Å². The van der Waals surface area contributed by atoms with E-state index in [0.29, 0.717) is 31.5 Å². The number of urea groups is 1. The molecule has 0 aromatic carbocycles. The SMILES string of the molecule is CCC1(C)CCN(C(=O)N2CC(OC)CC2C(=O)O)CC1. The van der Waals surface area contributed by atoms with Crippen molar-refractivity contribution in [3.8, 4) is 0 Å². The Balaban J connectivity index is 2.01. The number of aliphatic carboxylic acids is 1. The highest BCUT2D eigenvalue weighted by atomic mass is 16.5. The van der Waals surface area contributed by atoms with Crippen molar-refractivity contribution in [3.63, 3.8) is 0 Å². The lowest BCUT2D eigenvalue weighted by molar-refractivity contribution is -0.141. The third-order valence-electron chi connectivity index (χ3n) is 5.22. The maximum atomic E-state index is 12.6. The highest BCUT2D eigenvalue weighted by molar-refractivity contribution is 5.83. The molecule has 21 heavy (non-hydrogen) atoms. The Kier molecular flexibility index (Phi) is 4.76. The summed E-state index contributed by atoms with van der Waals surface area (Å²) in [5, 5.41) is 9.30. The van der Waals surface area contributed by atoms with E-state index < -0.39 is 12.0 Å². The van der Waals surface area contributed by atoms with Gasteiger partial charge in [-0.2, -0.15) is 0 Å². The number of rotatable bonds is 3. The van der Waals surface area contributed by atoms with Gasteiger partial charge in [-0.25, -0.2) is 9.59 Å². The van der Waals surface area contributed by atoms with E-state index in [2.05, 4.69) is 13.8 Å². The molecule has 0 aromatic rings. The van der Waals surface area contributed by atoms with Crippen molar-refractivity contribution in [2.75, 3.05) is 26.7 Å². The van der Waals surface area contributed by atoms with Crippen LogP contribution in [0.1, 0.15) is 39.5 Å². The number of carbonyl (C=O) groups is 2. The number of hydrogen-bond acceptors (Lipinski definition) is 3. The van der Waals surface area contributed by atoms with Gasteiger partial charge in [0.05, 0.1) is 6.10 Å². The van der Waals surface area contributed by atoms with Crippen LogP contribution < -0.4 is 0 Å². The Hall–Kier alpha value is -1.30. The lowest BCUT2D eigenvalue weighted by Crippen LogP contribution is -2.51. The molecule has 0 spiro atoms. The van der Waals surface area contributed by atoms with Crippen LogP contribution >= 0.6 is 0 Å². The molecule has 1 N–H and O–H groups in total. The third kappa shape index (κ3) is 3.31. The highest BCUT2D eigenvalue weighted by Gasteiger charge is 2.42. The lowest BCUT2D eigenvalue weighted by atomic mass is 9.78. The molecule has 6 nitrogen and oxygen atoms in total. The first-order valence-corrected chi connectivity index (χ1v) is 7.71. The van der Waals surface area contributed by atoms with Crippen LogP contribution in [-0.2, 0) is 9.53 Å². The van der Waals surface area contributed by atoms with Gasteiger partial charge in [0, 0.05) is 33.2 Å². The number of likely N-dealkylation sites (tertiary alicyclic amines) is 2. The number of methoxy groups -OCH3 is 1. The highest BCUT2D eigenvalue weighted by Crippen LogP contribution is 2.34. The molecule has 2 atom stereocenters. The topological polar surface area (TPSA) is 70.1 Å². The predicted octanol–water partition coefficient (Wildman–Crippen LogP) is 1.79. The van der Waals surface area contributed by atoms with Crippen LogP contribution in [0, 0.1) is 5.41 Å². The van der Waals surface area contributed by atoms with Gasteiger partial charge >= 0.3 is 12.0 Å². The molecule has 2 saturated heterocycles. The molecule has 2 unspecified atom stereocenters. The lowest BCUT2D eigenvalue weighted by Gasteiger charge is -2.40. The van der Waals surface area contributed by atoms with Gasteiger partial charge in [0.25, 0.3) is 0 Å². The maximum Gasteiger partial charge on any atom is 0.326 e. The van der Waals surface area contributed by atoms with Crippen molar-refractivity contribution >= 4 is 12.0 Å². The van der Waals surface area contributed by atoms with Crippen molar-refractivity contribution in [2.45, 2.75) is 51.7 Å². The van der Waals surface area contributed by atoms with Crippen LogP contribution in [-0.4, -0.2) is 65.8 Å². The molecular formula is C15H26N2O4.